The van der Waals surface area contributed by atoms with Crippen molar-refractivity contribution >= 4 is 11.9 Å². The third kappa shape index (κ3) is 2.69. The van der Waals surface area contributed by atoms with Gasteiger partial charge in [0.15, 0.2) is 11.5 Å². The Kier molecular flexibility index (Phi) is 4.39. The molecule has 136 valence electrons. The van der Waals surface area contributed by atoms with Crippen molar-refractivity contribution in [1.82, 2.24) is 4.90 Å². The van der Waals surface area contributed by atoms with Crippen molar-refractivity contribution in [2.45, 2.75) is 26.0 Å². The molecule has 2 N–H and O–H groups in total. The lowest BCUT2D eigenvalue weighted by atomic mass is 9.81. The molecule has 0 saturated carbocycles. The normalized spacial score (nSPS) is 19.8. The summed E-state index contributed by atoms with van der Waals surface area (Å²) in [5.41, 5.74) is 6.76. The number of ether oxygens (including phenoxy) is 1. The van der Waals surface area contributed by atoms with E-state index in [0.717, 1.165) is 0 Å². The number of guanidine groups is 1. The second kappa shape index (κ2) is 6.40. The number of alkyl halides is 2. The SMILES string of the molecule is Cc1cc(C2(c3ccccc3)N=C(N)N(C)C2=O)cc(C)c1OC(F)F. The molecule has 2 aromatic rings. The van der Waals surface area contributed by atoms with E-state index in [4.69, 9.17) is 5.73 Å². The van der Waals surface area contributed by atoms with Crippen LogP contribution in [0.1, 0.15) is 22.3 Å². The van der Waals surface area contributed by atoms with Gasteiger partial charge in [-0.1, -0.05) is 30.3 Å². The molecule has 1 heterocycles. The lowest BCUT2D eigenvalue weighted by molar-refractivity contribution is -0.129. The van der Waals surface area contributed by atoms with Crippen molar-refractivity contribution in [3.8, 4) is 5.75 Å². The largest absolute Gasteiger partial charge is 0.434 e. The smallest absolute Gasteiger partial charge is 0.387 e. The number of benzene rings is 2. The molecule has 1 amide bonds. The summed E-state index contributed by atoms with van der Waals surface area (Å²) < 4.78 is 29.9. The molecule has 5 nitrogen and oxygen atoms in total. The fraction of sp³-hybridized carbons (Fsp3) is 0.263. The summed E-state index contributed by atoms with van der Waals surface area (Å²) in [6.45, 7) is 0.390. The minimum Gasteiger partial charge on any atom is -0.434 e. The van der Waals surface area contributed by atoms with E-state index in [0.29, 0.717) is 22.3 Å². The van der Waals surface area contributed by atoms with E-state index in [-0.39, 0.29) is 17.6 Å². The number of hydrogen-bond donors (Lipinski definition) is 1. The molecule has 26 heavy (non-hydrogen) atoms. The Labute approximate surface area is 150 Å². The van der Waals surface area contributed by atoms with Gasteiger partial charge in [0.25, 0.3) is 5.91 Å². The first-order valence-electron chi connectivity index (χ1n) is 8.03. The third-order valence-corrected chi connectivity index (χ3v) is 4.52. The van der Waals surface area contributed by atoms with Gasteiger partial charge in [-0.05, 0) is 48.2 Å². The van der Waals surface area contributed by atoms with Crippen LogP contribution in [0.25, 0.3) is 0 Å². The van der Waals surface area contributed by atoms with Crippen LogP contribution in [0.4, 0.5) is 8.78 Å². The summed E-state index contributed by atoms with van der Waals surface area (Å²) in [5.74, 6) is -0.104. The molecule has 0 spiro atoms. The molecular weight excluding hydrogens is 340 g/mol. The zero-order valence-electron chi connectivity index (χ0n) is 14.7. The molecule has 0 saturated heterocycles. The maximum Gasteiger partial charge on any atom is 0.387 e. The Balaban J connectivity index is 2.24. The first-order valence-corrected chi connectivity index (χ1v) is 8.03. The van der Waals surface area contributed by atoms with Crippen molar-refractivity contribution in [3.05, 3.63) is 64.7 Å². The maximum absolute atomic E-state index is 13.1. The quantitative estimate of drug-likeness (QED) is 0.913. The summed E-state index contributed by atoms with van der Waals surface area (Å²) in [6.07, 6.45) is 0. The average Bonchev–Trinajstić information content (AvgIpc) is 2.83. The summed E-state index contributed by atoms with van der Waals surface area (Å²) in [5, 5.41) is 0. The Morgan fingerprint density at radius 3 is 2.15 bits per heavy atom. The van der Waals surface area contributed by atoms with Crippen LogP contribution in [0.2, 0.25) is 0 Å². The molecule has 2 aromatic carbocycles. The monoisotopic (exact) mass is 359 g/mol. The summed E-state index contributed by atoms with van der Waals surface area (Å²) >= 11 is 0. The molecule has 0 bridgehead atoms. The van der Waals surface area contributed by atoms with E-state index < -0.39 is 12.2 Å². The molecule has 0 fully saturated rings. The molecule has 0 radical (unpaired) electrons. The Morgan fingerprint density at radius 1 is 1.12 bits per heavy atom. The Morgan fingerprint density at radius 2 is 1.69 bits per heavy atom. The molecule has 0 aliphatic carbocycles. The van der Waals surface area contributed by atoms with Crippen molar-refractivity contribution < 1.29 is 18.3 Å². The van der Waals surface area contributed by atoms with Gasteiger partial charge in [0.2, 0.25) is 0 Å². The summed E-state index contributed by atoms with van der Waals surface area (Å²) in [4.78, 5) is 18.9. The van der Waals surface area contributed by atoms with Crippen LogP contribution >= 0.6 is 0 Å². The van der Waals surface area contributed by atoms with E-state index in [2.05, 4.69) is 9.73 Å². The molecule has 1 aliphatic heterocycles. The van der Waals surface area contributed by atoms with Crippen LogP contribution in [0.3, 0.4) is 0 Å². The molecule has 7 heteroatoms. The number of aliphatic imine (C=N–C) groups is 1. The van der Waals surface area contributed by atoms with Crippen LogP contribution < -0.4 is 10.5 Å². The van der Waals surface area contributed by atoms with Crippen LogP contribution in [-0.2, 0) is 10.3 Å². The number of aryl methyl sites for hydroxylation is 2. The first kappa shape index (κ1) is 17.8. The zero-order chi connectivity index (χ0) is 19.1. The highest BCUT2D eigenvalue weighted by Gasteiger charge is 2.49. The molecule has 0 aromatic heterocycles. The number of carbonyl (C=O) groups is 1. The van der Waals surface area contributed by atoms with Gasteiger partial charge in [0, 0.05) is 7.05 Å². The number of nitrogens with zero attached hydrogens (tertiary/aromatic N) is 2. The van der Waals surface area contributed by atoms with Gasteiger partial charge in [-0.25, -0.2) is 4.99 Å². The molecule has 3 rings (SSSR count). The molecule has 1 aliphatic rings. The number of rotatable bonds is 4. The van der Waals surface area contributed by atoms with Crippen LogP contribution in [0, 0.1) is 13.8 Å². The fourth-order valence-electron chi connectivity index (χ4n) is 3.30. The predicted molar refractivity (Wildman–Crippen MR) is 94.2 cm³/mol. The third-order valence-electron chi connectivity index (χ3n) is 4.52. The highest BCUT2D eigenvalue weighted by atomic mass is 19.3. The fourth-order valence-corrected chi connectivity index (χ4v) is 3.30. The number of carbonyl (C=O) groups excluding carboxylic acids is 1. The van der Waals surface area contributed by atoms with E-state index in [1.54, 1.807) is 45.2 Å². The molecular formula is C19H19F2N3O2. The zero-order valence-corrected chi connectivity index (χ0v) is 14.7. The minimum atomic E-state index is -2.92. The lowest BCUT2D eigenvalue weighted by Gasteiger charge is -2.27. The van der Waals surface area contributed by atoms with Gasteiger partial charge in [0.05, 0.1) is 0 Å². The van der Waals surface area contributed by atoms with E-state index in [1.165, 1.54) is 4.90 Å². The number of hydrogen-bond acceptors (Lipinski definition) is 4. The summed E-state index contributed by atoms with van der Waals surface area (Å²) in [7, 11) is 1.56. The molecule has 1 atom stereocenters. The Bertz CT molecular complexity index is 861. The van der Waals surface area contributed by atoms with E-state index in [9.17, 15) is 13.6 Å². The van der Waals surface area contributed by atoms with Crippen molar-refractivity contribution in [3.63, 3.8) is 0 Å². The first-order chi connectivity index (χ1) is 12.3. The van der Waals surface area contributed by atoms with Gasteiger partial charge < -0.3 is 10.5 Å². The minimum absolute atomic E-state index is 0.0991. The molecule has 1 unspecified atom stereocenters. The predicted octanol–water partition coefficient (Wildman–Crippen LogP) is 2.94. The van der Waals surface area contributed by atoms with Crippen molar-refractivity contribution in [1.29, 1.82) is 0 Å². The van der Waals surface area contributed by atoms with Gasteiger partial charge >= 0.3 is 6.61 Å². The highest BCUT2D eigenvalue weighted by molar-refractivity contribution is 6.08. The van der Waals surface area contributed by atoms with Gasteiger partial charge in [0.1, 0.15) is 5.75 Å². The topological polar surface area (TPSA) is 67.9 Å². The highest BCUT2D eigenvalue weighted by Crippen LogP contribution is 2.41. The second-order valence-corrected chi connectivity index (χ2v) is 6.23. The van der Waals surface area contributed by atoms with E-state index >= 15 is 0 Å². The standard InChI is InChI=1S/C19H19F2N3O2/c1-11-9-14(10-12(2)15(11)26-17(20)21)19(13-7-5-4-6-8-13)16(25)24(3)18(22)23-19/h4-10,17H,1-3H3,(H2,22,23). The number of halogens is 2. The Hall–Kier alpha value is -2.96. The maximum atomic E-state index is 13.1. The average molecular weight is 359 g/mol. The van der Waals surface area contributed by atoms with E-state index in [1.807, 2.05) is 18.2 Å². The van der Waals surface area contributed by atoms with Gasteiger partial charge in [-0.3, -0.25) is 9.69 Å². The summed E-state index contributed by atoms with van der Waals surface area (Å²) in [6, 6.07) is 12.3. The number of amides is 1. The lowest BCUT2D eigenvalue weighted by Crippen LogP contribution is -2.41. The van der Waals surface area contributed by atoms with Crippen LogP contribution in [-0.4, -0.2) is 30.4 Å². The van der Waals surface area contributed by atoms with Crippen LogP contribution in [0.5, 0.6) is 5.75 Å². The van der Waals surface area contributed by atoms with Gasteiger partial charge in [-0.15, -0.1) is 0 Å². The van der Waals surface area contributed by atoms with Crippen LogP contribution in [0.15, 0.2) is 47.5 Å². The number of nitrogens with two attached hydrogens (primary N) is 1. The van der Waals surface area contributed by atoms with Gasteiger partial charge in [-0.2, -0.15) is 8.78 Å². The number of likely N-dealkylation sites (N-methyl/N-ethyl adjacent to an activating group) is 1. The second-order valence-electron chi connectivity index (χ2n) is 6.23. The van der Waals surface area contributed by atoms with Crippen molar-refractivity contribution in [2.24, 2.45) is 10.7 Å². The van der Waals surface area contributed by atoms with Crippen molar-refractivity contribution in [2.75, 3.05) is 7.05 Å².